The smallest absolute Gasteiger partial charge is 0.234 e. The quantitative estimate of drug-likeness (QED) is 0.673. The number of nitrogens with one attached hydrogen (secondary N) is 1. The summed E-state index contributed by atoms with van der Waals surface area (Å²) in [5, 5.41) is 4.06. The Hall–Kier alpha value is -2.66. The molecular formula is C22H23FN2O2. The van der Waals surface area contributed by atoms with Crippen LogP contribution in [0.1, 0.15) is 37.1 Å². The molecule has 1 fully saturated rings. The lowest BCUT2D eigenvalue weighted by molar-refractivity contribution is -0.123. The summed E-state index contributed by atoms with van der Waals surface area (Å²) in [7, 11) is 0. The van der Waals surface area contributed by atoms with Crippen LogP contribution in [0.4, 0.5) is 4.39 Å². The van der Waals surface area contributed by atoms with Crippen molar-refractivity contribution in [3.63, 3.8) is 0 Å². The van der Waals surface area contributed by atoms with E-state index in [-0.39, 0.29) is 17.8 Å². The fourth-order valence-electron chi connectivity index (χ4n) is 3.34. The highest BCUT2D eigenvalue weighted by Crippen LogP contribution is 2.28. The van der Waals surface area contributed by atoms with Crippen LogP contribution in [0.2, 0.25) is 0 Å². The predicted molar refractivity (Wildman–Crippen MR) is 103 cm³/mol. The van der Waals surface area contributed by atoms with Crippen LogP contribution in [0.25, 0.3) is 11.0 Å². The molecule has 4 nitrogen and oxygen atoms in total. The first-order valence-electron chi connectivity index (χ1n) is 9.35. The van der Waals surface area contributed by atoms with Gasteiger partial charge in [-0.3, -0.25) is 9.69 Å². The second-order valence-corrected chi connectivity index (χ2v) is 7.24. The molecule has 5 heteroatoms. The third-order valence-electron chi connectivity index (χ3n) is 4.96. The number of fused-ring (bicyclic) bond motifs is 1. The van der Waals surface area contributed by atoms with Crippen molar-refractivity contribution in [3.8, 4) is 0 Å². The van der Waals surface area contributed by atoms with Gasteiger partial charge in [-0.2, -0.15) is 0 Å². The molecule has 0 spiro atoms. The number of carbonyl (C=O) groups is 1. The number of amides is 1. The zero-order chi connectivity index (χ0) is 18.8. The summed E-state index contributed by atoms with van der Waals surface area (Å²) in [5.41, 5.74) is 1.84. The Labute approximate surface area is 158 Å². The predicted octanol–water partition coefficient (Wildman–Crippen LogP) is 4.41. The number of carbonyl (C=O) groups excluding carboxylic acids is 1. The van der Waals surface area contributed by atoms with E-state index in [0.29, 0.717) is 19.1 Å². The van der Waals surface area contributed by atoms with E-state index in [0.717, 1.165) is 35.1 Å². The van der Waals surface area contributed by atoms with Crippen molar-refractivity contribution in [1.29, 1.82) is 0 Å². The van der Waals surface area contributed by atoms with E-state index in [1.165, 1.54) is 12.1 Å². The second-order valence-electron chi connectivity index (χ2n) is 7.24. The number of furan rings is 1. The normalized spacial score (nSPS) is 15.2. The van der Waals surface area contributed by atoms with Crippen LogP contribution >= 0.6 is 0 Å². The molecule has 0 unspecified atom stereocenters. The number of hydrogen-bond acceptors (Lipinski definition) is 3. The Morgan fingerprint density at radius 1 is 1.22 bits per heavy atom. The highest BCUT2D eigenvalue weighted by atomic mass is 19.1. The summed E-state index contributed by atoms with van der Waals surface area (Å²) in [4.78, 5) is 14.7. The average molecular weight is 366 g/mol. The van der Waals surface area contributed by atoms with E-state index < -0.39 is 0 Å². The first-order valence-corrected chi connectivity index (χ1v) is 9.35. The van der Waals surface area contributed by atoms with Gasteiger partial charge in [0.2, 0.25) is 5.91 Å². The SMILES string of the molecule is C[C@@H](NC(=O)CN(Cc1ccc(F)cc1)C1CC1)c1cc2ccccc2o1. The van der Waals surface area contributed by atoms with Crippen molar-refractivity contribution in [2.45, 2.75) is 38.4 Å². The van der Waals surface area contributed by atoms with Crippen molar-refractivity contribution >= 4 is 16.9 Å². The zero-order valence-electron chi connectivity index (χ0n) is 15.3. The first-order chi connectivity index (χ1) is 13.1. The van der Waals surface area contributed by atoms with Crippen molar-refractivity contribution in [3.05, 3.63) is 71.7 Å². The Morgan fingerprint density at radius 3 is 2.67 bits per heavy atom. The third kappa shape index (κ3) is 4.37. The second kappa shape index (κ2) is 7.53. The molecule has 0 radical (unpaired) electrons. The third-order valence-corrected chi connectivity index (χ3v) is 4.96. The summed E-state index contributed by atoms with van der Waals surface area (Å²) in [6.07, 6.45) is 2.21. The Bertz CT molecular complexity index is 898. The average Bonchev–Trinajstić information content (AvgIpc) is 3.41. The summed E-state index contributed by atoms with van der Waals surface area (Å²) in [6, 6.07) is 16.5. The molecule has 1 aliphatic carbocycles. The monoisotopic (exact) mass is 366 g/mol. The maximum atomic E-state index is 13.1. The lowest BCUT2D eigenvalue weighted by atomic mass is 10.2. The van der Waals surface area contributed by atoms with E-state index in [4.69, 9.17) is 4.42 Å². The maximum absolute atomic E-state index is 13.1. The highest BCUT2D eigenvalue weighted by Gasteiger charge is 2.30. The van der Waals surface area contributed by atoms with E-state index in [2.05, 4.69) is 10.2 Å². The van der Waals surface area contributed by atoms with Gasteiger partial charge in [-0.15, -0.1) is 0 Å². The number of para-hydroxylation sites is 1. The number of benzene rings is 2. The number of rotatable bonds is 7. The zero-order valence-corrected chi connectivity index (χ0v) is 15.3. The minimum atomic E-state index is -0.242. The molecule has 1 amide bonds. The molecule has 0 bridgehead atoms. The molecular weight excluding hydrogens is 343 g/mol. The Morgan fingerprint density at radius 2 is 1.96 bits per heavy atom. The van der Waals surface area contributed by atoms with Crippen LogP contribution in [0.5, 0.6) is 0 Å². The molecule has 27 heavy (non-hydrogen) atoms. The first kappa shape index (κ1) is 17.7. The van der Waals surface area contributed by atoms with E-state index in [1.807, 2.05) is 37.3 Å². The summed E-state index contributed by atoms with van der Waals surface area (Å²) < 4.78 is 18.9. The lowest BCUT2D eigenvalue weighted by Crippen LogP contribution is -2.39. The molecule has 0 saturated heterocycles. The molecule has 1 saturated carbocycles. The van der Waals surface area contributed by atoms with Crippen molar-refractivity contribution in [2.75, 3.05) is 6.54 Å². The summed E-state index contributed by atoms with van der Waals surface area (Å²) >= 11 is 0. The number of halogens is 1. The van der Waals surface area contributed by atoms with Gasteiger partial charge in [-0.25, -0.2) is 4.39 Å². The molecule has 140 valence electrons. The van der Waals surface area contributed by atoms with Gasteiger partial charge in [-0.1, -0.05) is 30.3 Å². The molecule has 1 N–H and O–H groups in total. The summed E-state index contributed by atoms with van der Waals surface area (Å²) in [6.45, 7) is 2.90. The van der Waals surface area contributed by atoms with E-state index in [9.17, 15) is 9.18 Å². The molecule has 1 aliphatic rings. The fraction of sp³-hybridized carbons (Fsp3) is 0.318. The molecule has 4 rings (SSSR count). The van der Waals surface area contributed by atoms with Gasteiger partial charge in [0.25, 0.3) is 0 Å². The van der Waals surface area contributed by atoms with Gasteiger partial charge in [0.15, 0.2) is 0 Å². The number of hydrogen-bond donors (Lipinski definition) is 1. The molecule has 1 atom stereocenters. The van der Waals surface area contributed by atoms with Crippen molar-refractivity contribution in [2.24, 2.45) is 0 Å². The van der Waals surface area contributed by atoms with Crippen LogP contribution in [0.3, 0.4) is 0 Å². The minimum absolute atomic E-state index is 0.0306. The lowest BCUT2D eigenvalue weighted by Gasteiger charge is -2.22. The van der Waals surface area contributed by atoms with Gasteiger partial charge in [0.1, 0.15) is 17.2 Å². The van der Waals surface area contributed by atoms with Crippen LogP contribution in [-0.2, 0) is 11.3 Å². The van der Waals surface area contributed by atoms with Gasteiger partial charge in [0, 0.05) is 18.0 Å². The number of nitrogens with zero attached hydrogens (tertiary/aromatic N) is 1. The largest absolute Gasteiger partial charge is 0.459 e. The minimum Gasteiger partial charge on any atom is -0.459 e. The molecule has 2 aromatic carbocycles. The van der Waals surface area contributed by atoms with Crippen LogP contribution in [0.15, 0.2) is 59.0 Å². The van der Waals surface area contributed by atoms with Crippen LogP contribution in [0, 0.1) is 5.82 Å². The van der Waals surface area contributed by atoms with Crippen molar-refractivity contribution in [1.82, 2.24) is 10.2 Å². The van der Waals surface area contributed by atoms with E-state index in [1.54, 1.807) is 12.1 Å². The molecule has 0 aliphatic heterocycles. The van der Waals surface area contributed by atoms with Gasteiger partial charge in [-0.05, 0) is 49.6 Å². The maximum Gasteiger partial charge on any atom is 0.234 e. The van der Waals surface area contributed by atoms with Crippen LogP contribution < -0.4 is 5.32 Å². The Kier molecular flexibility index (Phi) is 4.94. The molecule has 1 heterocycles. The van der Waals surface area contributed by atoms with Crippen LogP contribution in [-0.4, -0.2) is 23.4 Å². The molecule has 3 aromatic rings. The fourth-order valence-corrected chi connectivity index (χ4v) is 3.34. The standard InChI is InChI=1S/C22H23FN2O2/c1-15(21-12-17-4-2-3-5-20(17)27-21)24-22(26)14-25(19-10-11-19)13-16-6-8-18(23)9-7-16/h2-9,12,15,19H,10-11,13-14H2,1H3,(H,24,26)/t15-/m1/s1. The summed E-state index contributed by atoms with van der Waals surface area (Å²) in [5.74, 6) is 0.479. The van der Waals surface area contributed by atoms with E-state index >= 15 is 0 Å². The highest BCUT2D eigenvalue weighted by molar-refractivity contribution is 5.80. The molecule has 1 aromatic heterocycles. The van der Waals surface area contributed by atoms with Crippen molar-refractivity contribution < 1.29 is 13.6 Å². The van der Waals surface area contributed by atoms with Gasteiger partial charge < -0.3 is 9.73 Å². The topological polar surface area (TPSA) is 45.5 Å². The van der Waals surface area contributed by atoms with Gasteiger partial charge in [0.05, 0.1) is 12.6 Å². The Balaban J connectivity index is 1.38. The van der Waals surface area contributed by atoms with Gasteiger partial charge >= 0.3 is 0 Å².